The van der Waals surface area contributed by atoms with Crippen LogP contribution >= 0.6 is 0 Å². The van der Waals surface area contributed by atoms with E-state index in [-0.39, 0.29) is 12.0 Å². The summed E-state index contributed by atoms with van der Waals surface area (Å²) in [7, 11) is 0. The third-order valence-corrected chi connectivity index (χ3v) is 6.18. The number of hydrogen-bond acceptors (Lipinski definition) is 8. The highest BCUT2D eigenvalue weighted by molar-refractivity contribution is 5.75. The Hall–Kier alpha value is -3.91. The average Bonchev–Trinajstić information content (AvgIpc) is 3.60. The summed E-state index contributed by atoms with van der Waals surface area (Å²) in [5.74, 6) is 2.27. The van der Waals surface area contributed by atoms with E-state index < -0.39 is 6.10 Å². The summed E-state index contributed by atoms with van der Waals surface area (Å²) in [5.41, 5.74) is 2.84. The van der Waals surface area contributed by atoms with Crippen LogP contribution in [0.1, 0.15) is 62.1 Å². The Morgan fingerprint density at radius 2 is 1.87 bits per heavy atom. The van der Waals surface area contributed by atoms with E-state index in [9.17, 15) is 4.79 Å². The summed E-state index contributed by atoms with van der Waals surface area (Å²) in [4.78, 5) is 21.4. The van der Waals surface area contributed by atoms with Crippen LogP contribution in [0.15, 0.2) is 75.9 Å². The number of carbonyl (C=O) groups excluding carboxylic acids is 1. The molecule has 0 saturated carbocycles. The number of aromatic nitrogens is 2. The molecule has 1 N–H and O–H groups in total. The van der Waals surface area contributed by atoms with Gasteiger partial charge in [0, 0.05) is 18.5 Å². The van der Waals surface area contributed by atoms with Crippen LogP contribution in [-0.4, -0.2) is 28.6 Å². The number of nitrogens with one attached hydrogen (secondary N) is 1. The molecule has 0 fully saturated rings. The van der Waals surface area contributed by atoms with Gasteiger partial charge in [-0.15, -0.1) is 0 Å². The Kier molecular flexibility index (Phi) is 9.70. The van der Waals surface area contributed by atoms with Gasteiger partial charge >= 0.3 is 5.97 Å². The second-order valence-electron chi connectivity index (χ2n) is 9.04. The van der Waals surface area contributed by atoms with Crippen LogP contribution in [0, 0.1) is 6.92 Å². The predicted molar refractivity (Wildman–Crippen MR) is 143 cm³/mol. The van der Waals surface area contributed by atoms with Crippen molar-refractivity contribution >= 4 is 5.97 Å². The lowest BCUT2D eigenvalue weighted by atomic mass is 10.1. The quantitative estimate of drug-likeness (QED) is 0.197. The minimum Gasteiger partial charge on any atom is -0.479 e. The lowest BCUT2D eigenvalue weighted by Gasteiger charge is -2.18. The molecule has 0 bridgehead atoms. The maximum absolute atomic E-state index is 12.3. The molecule has 2 unspecified atom stereocenters. The molecule has 2 heterocycles. The van der Waals surface area contributed by atoms with Crippen LogP contribution in [0.2, 0.25) is 0 Å². The van der Waals surface area contributed by atoms with Crippen molar-refractivity contribution in [3.05, 3.63) is 90.0 Å². The molecule has 0 aliphatic rings. The van der Waals surface area contributed by atoms with E-state index in [0.29, 0.717) is 43.5 Å². The Labute approximate surface area is 223 Å². The van der Waals surface area contributed by atoms with E-state index in [0.717, 1.165) is 35.4 Å². The summed E-state index contributed by atoms with van der Waals surface area (Å²) >= 11 is 0. The first-order chi connectivity index (χ1) is 18.6. The second-order valence-corrected chi connectivity index (χ2v) is 9.04. The van der Waals surface area contributed by atoms with Crippen LogP contribution in [-0.2, 0) is 22.5 Å². The molecule has 0 aliphatic carbocycles. The van der Waals surface area contributed by atoms with E-state index in [1.165, 1.54) is 0 Å². The van der Waals surface area contributed by atoms with Crippen molar-refractivity contribution < 1.29 is 23.1 Å². The van der Waals surface area contributed by atoms with E-state index in [4.69, 9.17) is 23.3 Å². The molecule has 0 radical (unpaired) electrons. The standard InChI is InChI=1S/C30H35N3O5/c1-4-6-12-27(30(34)35-5-2)38-24-15-13-22(14-16-24)20-32-26(29-31-17-18-36-29)19-25-21(3)37-28(33-25)23-10-8-7-9-11-23/h7-11,13-18,26-27,32H,4-6,12,19-20H2,1-3H3. The molecule has 4 aromatic rings. The first-order valence-electron chi connectivity index (χ1n) is 13.1. The van der Waals surface area contributed by atoms with E-state index >= 15 is 0 Å². The maximum Gasteiger partial charge on any atom is 0.347 e. The Morgan fingerprint density at radius 1 is 1.08 bits per heavy atom. The molecule has 2 aromatic carbocycles. The predicted octanol–water partition coefficient (Wildman–Crippen LogP) is 6.21. The molecular formula is C30H35N3O5. The van der Waals surface area contributed by atoms with Crippen molar-refractivity contribution in [2.45, 2.75) is 65.1 Å². The molecule has 4 rings (SSSR count). The number of ether oxygens (including phenoxy) is 2. The number of hydrogen-bond donors (Lipinski definition) is 1. The van der Waals surface area contributed by atoms with Crippen molar-refractivity contribution in [1.82, 2.24) is 15.3 Å². The molecule has 38 heavy (non-hydrogen) atoms. The molecule has 200 valence electrons. The van der Waals surface area contributed by atoms with E-state index in [1.807, 2.05) is 61.5 Å². The Balaban J connectivity index is 1.41. The topological polar surface area (TPSA) is 99.6 Å². The summed E-state index contributed by atoms with van der Waals surface area (Å²) in [6.07, 6.45) is 5.67. The van der Waals surface area contributed by atoms with Crippen molar-refractivity contribution in [3.8, 4) is 17.2 Å². The monoisotopic (exact) mass is 517 g/mol. The van der Waals surface area contributed by atoms with E-state index in [1.54, 1.807) is 19.4 Å². The summed E-state index contributed by atoms with van der Waals surface area (Å²) < 4.78 is 22.7. The molecule has 8 heteroatoms. The molecular weight excluding hydrogens is 482 g/mol. The van der Waals surface area contributed by atoms with Crippen LogP contribution in [0.5, 0.6) is 5.75 Å². The maximum atomic E-state index is 12.3. The fourth-order valence-electron chi connectivity index (χ4n) is 4.11. The molecule has 0 amide bonds. The van der Waals surface area contributed by atoms with Gasteiger partial charge in [-0.25, -0.2) is 14.8 Å². The molecule has 0 aliphatic heterocycles. The van der Waals surface area contributed by atoms with Crippen molar-refractivity contribution in [2.24, 2.45) is 0 Å². The summed E-state index contributed by atoms with van der Waals surface area (Å²) in [6, 6.07) is 17.4. The van der Waals surface area contributed by atoms with Gasteiger partial charge in [-0.3, -0.25) is 0 Å². The molecule has 2 atom stereocenters. The summed E-state index contributed by atoms with van der Waals surface area (Å²) in [5, 5.41) is 3.53. The van der Waals surface area contributed by atoms with Gasteiger partial charge in [-0.05, 0) is 56.5 Å². The number of aryl methyl sites for hydroxylation is 1. The minimum absolute atomic E-state index is 0.199. The number of benzene rings is 2. The molecule has 0 spiro atoms. The highest BCUT2D eigenvalue weighted by Crippen LogP contribution is 2.25. The zero-order valence-corrected chi connectivity index (χ0v) is 22.2. The lowest BCUT2D eigenvalue weighted by molar-refractivity contribution is -0.151. The fraction of sp³-hybridized carbons (Fsp3) is 0.367. The normalized spacial score (nSPS) is 12.7. The third kappa shape index (κ3) is 7.32. The Bertz CT molecular complexity index is 1250. The van der Waals surface area contributed by atoms with Crippen molar-refractivity contribution in [3.63, 3.8) is 0 Å². The highest BCUT2D eigenvalue weighted by Gasteiger charge is 2.23. The lowest BCUT2D eigenvalue weighted by Crippen LogP contribution is -2.29. The number of nitrogens with zero attached hydrogens (tertiary/aromatic N) is 2. The summed E-state index contributed by atoms with van der Waals surface area (Å²) in [6.45, 7) is 6.72. The van der Waals surface area contributed by atoms with Crippen molar-refractivity contribution in [2.75, 3.05) is 6.61 Å². The van der Waals surface area contributed by atoms with Gasteiger partial charge in [0.15, 0.2) is 6.10 Å². The number of esters is 1. The third-order valence-electron chi connectivity index (χ3n) is 6.18. The van der Waals surface area contributed by atoms with Crippen LogP contribution in [0.4, 0.5) is 0 Å². The average molecular weight is 518 g/mol. The fourth-order valence-corrected chi connectivity index (χ4v) is 4.11. The van der Waals surface area contributed by atoms with Crippen LogP contribution < -0.4 is 10.1 Å². The van der Waals surface area contributed by atoms with Gasteiger partial charge in [0.1, 0.15) is 17.8 Å². The van der Waals surface area contributed by atoms with Crippen LogP contribution in [0.3, 0.4) is 0 Å². The first-order valence-corrected chi connectivity index (χ1v) is 13.1. The van der Waals surface area contributed by atoms with Gasteiger partial charge in [-0.2, -0.15) is 0 Å². The first kappa shape index (κ1) is 27.1. The van der Waals surface area contributed by atoms with Gasteiger partial charge in [0.25, 0.3) is 0 Å². The number of carbonyl (C=O) groups is 1. The highest BCUT2D eigenvalue weighted by atomic mass is 16.6. The zero-order valence-electron chi connectivity index (χ0n) is 22.2. The largest absolute Gasteiger partial charge is 0.479 e. The van der Waals surface area contributed by atoms with Gasteiger partial charge < -0.3 is 23.6 Å². The van der Waals surface area contributed by atoms with Gasteiger partial charge in [-0.1, -0.05) is 43.7 Å². The molecule has 8 nitrogen and oxygen atoms in total. The van der Waals surface area contributed by atoms with Crippen LogP contribution in [0.25, 0.3) is 11.5 Å². The van der Waals surface area contributed by atoms with Gasteiger partial charge in [0.2, 0.25) is 11.8 Å². The second kappa shape index (κ2) is 13.6. The Morgan fingerprint density at radius 3 is 2.55 bits per heavy atom. The number of oxazole rings is 2. The van der Waals surface area contributed by atoms with Crippen molar-refractivity contribution in [1.29, 1.82) is 0 Å². The molecule has 0 saturated heterocycles. The van der Waals surface area contributed by atoms with E-state index in [2.05, 4.69) is 17.2 Å². The number of rotatable bonds is 14. The number of unbranched alkanes of at least 4 members (excludes halogenated alkanes) is 1. The minimum atomic E-state index is -0.597. The smallest absolute Gasteiger partial charge is 0.347 e. The SMILES string of the molecule is CCCCC(Oc1ccc(CNC(Cc2nc(-c3ccccc3)oc2C)c2ncco2)cc1)C(=O)OCC. The zero-order chi connectivity index (χ0) is 26.7. The molecule has 2 aromatic heterocycles. The van der Waals surface area contributed by atoms with Gasteiger partial charge in [0.05, 0.1) is 24.5 Å².